The van der Waals surface area contributed by atoms with Gasteiger partial charge >= 0.3 is 0 Å². The van der Waals surface area contributed by atoms with Gasteiger partial charge in [-0.1, -0.05) is 17.7 Å². The fraction of sp³-hybridized carbons (Fsp3) is 0.100. The molecule has 0 radical (unpaired) electrons. The van der Waals surface area contributed by atoms with Crippen molar-refractivity contribution in [2.24, 2.45) is 0 Å². The number of aliphatic hydroxyl groups excluding tert-OH is 1. The lowest BCUT2D eigenvalue weighted by molar-refractivity contribution is 0.102. The molecule has 28 heavy (non-hydrogen) atoms. The minimum Gasteiger partial charge on any atom is -0.395 e. The fourth-order valence-corrected chi connectivity index (χ4v) is 3.82. The third kappa shape index (κ3) is 4.56. The zero-order valence-corrected chi connectivity index (χ0v) is 16.2. The van der Waals surface area contributed by atoms with Crippen molar-refractivity contribution in [3.05, 3.63) is 77.4 Å². The predicted molar refractivity (Wildman–Crippen MR) is 108 cm³/mol. The van der Waals surface area contributed by atoms with Gasteiger partial charge in [-0.05, 0) is 54.6 Å². The first kappa shape index (κ1) is 20.0. The van der Waals surface area contributed by atoms with E-state index in [2.05, 4.69) is 10.3 Å². The Hall–Kier alpha value is -2.74. The maximum atomic E-state index is 12.5. The first-order valence-electron chi connectivity index (χ1n) is 8.37. The molecule has 0 aliphatic carbocycles. The van der Waals surface area contributed by atoms with Crippen LogP contribution in [0.1, 0.15) is 10.4 Å². The van der Waals surface area contributed by atoms with Gasteiger partial charge in [-0.15, -0.1) is 0 Å². The Morgan fingerprint density at radius 2 is 1.82 bits per heavy atom. The standard InChI is InChI=1S/C20H17ClN2O4S/c21-18-9-6-15(13-17(18)19-3-1-2-10-22-19)23-20(25)14-4-7-16(8-5-14)28(26,27)12-11-24/h1-10,13,24H,11-12H2,(H,23,25). The number of nitrogens with one attached hydrogen (secondary N) is 1. The first-order valence-corrected chi connectivity index (χ1v) is 10.4. The van der Waals surface area contributed by atoms with Gasteiger partial charge in [0.15, 0.2) is 9.84 Å². The molecule has 6 nitrogen and oxygen atoms in total. The number of aliphatic hydroxyl groups is 1. The highest BCUT2D eigenvalue weighted by Crippen LogP contribution is 2.29. The van der Waals surface area contributed by atoms with Crippen molar-refractivity contribution >= 4 is 33.0 Å². The molecule has 0 bridgehead atoms. The van der Waals surface area contributed by atoms with Crippen LogP contribution in [0.2, 0.25) is 5.02 Å². The molecule has 0 spiro atoms. The van der Waals surface area contributed by atoms with E-state index < -0.39 is 16.4 Å². The van der Waals surface area contributed by atoms with Gasteiger partial charge in [0.05, 0.1) is 28.0 Å². The van der Waals surface area contributed by atoms with E-state index in [1.807, 2.05) is 12.1 Å². The molecule has 0 atom stereocenters. The summed E-state index contributed by atoms with van der Waals surface area (Å²) in [6.07, 6.45) is 1.66. The van der Waals surface area contributed by atoms with E-state index in [9.17, 15) is 13.2 Å². The normalized spacial score (nSPS) is 11.2. The number of nitrogens with zero attached hydrogens (tertiary/aromatic N) is 1. The number of pyridine rings is 1. The van der Waals surface area contributed by atoms with Crippen LogP contribution >= 0.6 is 11.6 Å². The highest BCUT2D eigenvalue weighted by molar-refractivity contribution is 7.91. The van der Waals surface area contributed by atoms with Crippen molar-refractivity contribution in [1.29, 1.82) is 0 Å². The molecule has 0 unspecified atom stereocenters. The van der Waals surface area contributed by atoms with Crippen LogP contribution in [-0.2, 0) is 9.84 Å². The molecule has 2 N–H and O–H groups in total. The molecule has 8 heteroatoms. The number of sulfone groups is 1. The fourth-order valence-electron chi connectivity index (χ4n) is 2.58. The molecule has 0 saturated heterocycles. The number of benzene rings is 2. The molecule has 0 aliphatic heterocycles. The predicted octanol–water partition coefficient (Wildman–Crippen LogP) is 3.42. The SMILES string of the molecule is O=C(Nc1ccc(Cl)c(-c2ccccn2)c1)c1ccc(S(=O)(=O)CCO)cc1. The molecule has 0 saturated carbocycles. The number of hydrogen-bond donors (Lipinski definition) is 2. The molecule has 1 aromatic heterocycles. The molecule has 3 aromatic rings. The summed E-state index contributed by atoms with van der Waals surface area (Å²) in [7, 11) is -3.56. The van der Waals surface area contributed by atoms with Crippen LogP contribution in [0.25, 0.3) is 11.3 Å². The Labute approximate surface area is 167 Å². The van der Waals surface area contributed by atoms with Crippen LogP contribution in [0.15, 0.2) is 71.8 Å². The lowest BCUT2D eigenvalue weighted by Gasteiger charge is -2.10. The van der Waals surface area contributed by atoms with Crippen LogP contribution in [0, 0.1) is 0 Å². The Morgan fingerprint density at radius 3 is 2.46 bits per heavy atom. The largest absolute Gasteiger partial charge is 0.395 e. The lowest BCUT2D eigenvalue weighted by Crippen LogP contribution is -2.13. The van der Waals surface area contributed by atoms with Gasteiger partial charge in [-0.2, -0.15) is 0 Å². The van der Waals surface area contributed by atoms with Crippen molar-refractivity contribution in [2.45, 2.75) is 4.90 Å². The number of aromatic nitrogens is 1. The van der Waals surface area contributed by atoms with E-state index in [0.717, 1.165) is 0 Å². The molecule has 0 fully saturated rings. The Kier molecular flexibility index (Phi) is 6.08. The van der Waals surface area contributed by atoms with Gasteiger partial charge in [0.2, 0.25) is 0 Å². The number of carbonyl (C=O) groups is 1. The van der Waals surface area contributed by atoms with Crippen LogP contribution in [0.3, 0.4) is 0 Å². The smallest absolute Gasteiger partial charge is 0.255 e. The number of halogens is 1. The van der Waals surface area contributed by atoms with E-state index in [1.165, 1.54) is 24.3 Å². The first-order chi connectivity index (χ1) is 13.4. The average Bonchev–Trinajstić information content (AvgIpc) is 2.70. The average molecular weight is 417 g/mol. The van der Waals surface area contributed by atoms with Crippen molar-refractivity contribution in [3.63, 3.8) is 0 Å². The summed E-state index contributed by atoms with van der Waals surface area (Å²) in [5.74, 6) is -0.750. The Bertz CT molecular complexity index is 1080. The summed E-state index contributed by atoms with van der Waals surface area (Å²) in [5, 5.41) is 12.1. The third-order valence-electron chi connectivity index (χ3n) is 4.00. The maximum Gasteiger partial charge on any atom is 0.255 e. The quantitative estimate of drug-likeness (QED) is 0.641. The minimum atomic E-state index is -3.56. The van der Waals surface area contributed by atoms with Crippen LogP contribution in [0.4, 0.5) is 5.69 Å². The Balaban J connectivity index is 1.80. The van der Waals surface area contributed by atoms with Crippen molar-refractivity contribution in [1.82, 2.24) is 4.98 Å². The third-order valence-corrected chi connectivity index (χ3v) is 6.04. The molecule has 2 aromatic carbocycles. The van der Waals surface area contributed by atoms with Crippen molar-refractivity contribution < 1.29 is 18.3 Å². The molecule has 1 heterocycles. The lowest BCUT2D eigenvalue weighted by atomic mass is 10.1. The maximum absolute atomic E-state index is 12.5. The molecule has 3 rings (SSSR count). The molecule has 0 aliphatic rings. The topological polar surface area (TPSA) is 96.4 Å². The summed E-state index contributed by atoms with van der Waals surface area (Å²) in [4.78, 5) is 16.8. The number of amides is 1. The summed E-state index contributed by atoms with van der Waals surface area (Å²) in [6.45, 7) is -0.459. The molecule has 1 amide bonds. The van der Waals surface area contributed by atoms with Crippen LogP contribution in [-0.4, -0.2) is 36.8 Å². The van der Waals surface area contributed by atoms with E-state index in [1.54, 1.807) is 30.5 Å². The minimum absolute atomic E-state index is 0.0574. The highest BCUT2D eigenvalue weighted by Gasteiger charge is 2.15. The second-order valence-electron chi connectivity index (χ2n) is 5.93. The van der Waals surface area contributed by atoms with Crippen molar-refractivity contribution in [2.75, 3.05) is 17.7 Å². The van der Waals surface area contributed by atoms with E-state index in [0.29, 0.717) is 27.5 Å². The summed E-state index contributed by atoms with van der Waals surface area (Å²) < 4.78 is 23.9. The van der Waals surface area contributed by atoms with Gasteiger partial charge in [-0.25, -0.2) is 8.42 Å². The van der Waals surface area contributed by atoms with E-state index in [4.69, 9.17) is 16.7 Å². The Morgan fingerprint density at radius 1 is 1.07 bits per heavy atom. The summed E-state index contributed by atoms with van der Waals surface area (Å²) in [5.41, 5.74) is 2.21. The van der Waals surface area contributed by atoms with E-state index in [-0.39, 0.29) is 16.6 Å². The number of anilines is 1. The number of carbonyl (C=O) groups excluding carboxylic acids is 1. The van der Waals surface area contributed by atoms with Crippen molar-refractivity contribution in [3.8, 4) is 11.3 Å². The van der Waals surface area contributed by atoms with Gasteiger partial charge < -0.3 is 10.4 Å². The molecular weight excluding hydrogens is 400 g/mol. The molecule has 144 valence electrons. The number of hydrogen-bond acceptors (Lipinski definition) is 5. The van der Waals surface area contributed by atoms with Crippen LogP contribution in [0.5, 0.6) is 0 Å². The van der Waals surface area contributed by atoms with E-state index >= 15 is 0 Å². The van der Waals surface area contributed by atoms with Gasteiger partial charge in [-0.3, -0.25) is 9.78 Å². The second-order valence-corrected chi connectivity index (χ2v) is 8.45. The van der Waals surface area contributed by atoms with Gasteiger partial charge in [0.25, 0.3) is 5.91 Å². The van der Waals surface area contributed by atoms with Crippen LogP contribution < -0.4 is 5.32 Å². The second kappa shape index (κ2) is 8.52. The summed E-state index contributed by atoms with van der Waals surface area (Å²) >= 11 is 6.24. The monoisotopic (exact) mass is 416 g/mol. The highest BCUT2D eigenvalue weighted by atomic mass is 35.5. The van der Waals surface area contributed by atoms with Gasteiger partial charge in [0.1, 0.15) is 0 Å². The molecular formula is C20H17ClN2O4S. The zero-order valence-electron chi connectivity index (χ0n) is 14.7. The number of rotatable bonds is 6. The van der Waals surface area contributed by atoms with Gasteiger partial charge in [0, 0.05) is 23.0 Å². The zero-order chi connectivity index (χ0) is 20.1. The summed E-state index contributed by atoms with van der Waals surface area (Å²) in [6, 6.07) is 16.1.